The third-order valence-corrected chi connectivity index (χ3v) is 3.67. The predicted octanol–water partition coefficient (Wildman–Crippen LogP) is 3.17. The van der Waals surface area contributed by atoms with Crippen molar-refractivity contribution < 1.29 is 4.39 Å². The summed E-state index contributed by atoms with van der Waals surface area (Å²) < 4.78 is 13.8. The van der Waals surface area contributed by atoms with Gasteiger partial charge in [0.15, 0.2) is 5.82 Å². The molecule has 1 aromatic rings. The molecule has 1 heterocycles. The van der Waals surface area contributed by atoms with E-state index < -0.39 is 0 Å². The molecule has 2 nitrogen and oxygen atoms in total. The van der Waals surface area contributed by atoms with Gasteiger partial charge in [0, 0.05) is 18.2 Å². The third kappa shape index (κ3) is 2.97. The van der Waals surface area contributed by atoms with Crippen molar-refractivity contribution in [2.45, 2.75) is 45.2 Å². The van der Waals surface area contributed by atoms with Gasteiger partial charge in [-0.3, -0.25) is 4.90 Å². The van der Waals surface area contributed by atoms with E-state index in [9.17, 15) is 4.39 Å². The Kier molecular flexibility index (Phi) is 4.00. The van der Waals surface area contributed by atoms with Crippen molar-refractivity contribution in [2.75, 3.05) is 12.3 Å². The van der Waals surface area contributed by atoms with E-state index in [-0.39, 0.29) is 11.5 Å². The molecule has 0 aromatic heterocycles. The van der Waals surface area contributed by atoms with Crippen LogP contribution in [-0.4, -0.2) is 17.5 Å². The monoisotopic (exact) mass is 236 g/mol. The molecule has 1 fully saturated rings. The number of anilines is 1. The van der Waals surface area contributed by atoms with Crippen LogP contribution in [0.25, 0.3) is 0 Å². The zero-order chi connectivity index (χ0) is 12.3. The van der Waals surface area contributed by atoms with E-state index in [2.05, 4.69) is 11.8 Å². The molecule has 1 unspecified atom stereocenters. The van der Waals surface area contributed by atoms with Crippen LogP contribution in [0, 0.1) is 5.82 Å². The first-order valence-corrected chi connectivity index (χ1v) is 6.45. The van der Waals surface area contributed by atoms with E-state index in [1.165, 1.54) is 25.7 Å². The predicted molar refractivity (Wildman–Crippen MR) is 69.2 cm³/mol. The van der Waals surface area contributed by atoms with Gasteiger partial charge < -0.3 is 5.73 Å². The van der Waals surface area contributed by atoms with E-state index in [1.807, 2.05) is 12.1 Å². The summed E-state index contributed by atoms with van der Waals surface area (Å²) in [6, 6.07) is 5.82. The first kappa shape index (κ1) is 12.4. The fourth-order valence-corrected chi connectivity index (χ4v) is 2.51. The highest BCUT2D eigenvalue weighted by Gasteiger charge is 2.18. The first-order valence-electron chi connectivity index (χ1n) is 6.45. The maximum Gasteiger partial charge on any atom is 0.150 e. The average Bonchev–Trinajstić information content (AvgIpc) is 2.51. The SMILES string of the molecule is CC1CCCCCN1Cc1cccc(N)c1F. The average molecular weight is 236 g/mol. The number of benzene rings is 1. The van der Waals surface area contributed by atoms with Crippen molar-refractivity contribution in [3.05, 3.63) is 29.6 Å². The molecule has 0 aliphatic carbocycles. The highest BCUT2D eigenvalue weighted by atomic mass is 19.1. The summed E-state index contributed by atoms with van der Waals surface area (Å²) in [5.74, 6) is -0.246. The lowest BCUT2D eigenvalue weighted by atomic mass is 10.1. The topological polar surface area (TPSA) is 29.3 Å². The minimum absolute atomic E-state index is 0.246. The Labute approximate surface area is 103 Å². The van der Waals surface area contributed by atoms with Gasteiger partial charge in [-0.05, 0) is 32.4 Å². The Morgan fingerprint density at radius 1 is 1.35 bits per heavy atom. The van der Waals surface area contributed by atoms with Gasteiger partial charge in [0.2, 0.25) is 0 Å². The number of rotatable bonds is 2. The van der Waals surface area contributed by atoms with Crippen LogP contribution < -0.4 is 5.73 Å². The molecule has 0 radical (unpaired) electrons. The van der Waals surface area contributed by atoms with Crippen LogP contribution in [0.3, 0.4) is 0 Å². The van der Waals surface area contributed by atoms with Crippen LogP contribution in [0.5, 0.6) is 0 Å². The number of nitrogen functional groups attached to an aromatic ring is 1. The van der Waals surface area contributed by atoms with Crippen LogP contribution in [0.15, 0.2) is 18.2 Å². The Bertz CT molecular complexity index is 378. The van der Waals surface area contributed by atoms with Crippen LogP contribution in [0.1, 0.15) is 38.2 Å². The maximum atomic E-state index is 13.8. The minimum Gasteiger partial charge on any atom is -0.396 e. The summed E-state index contributed by atoms with van der Waals surface area (Å²) in [7, 11) is 0. The summed E-state index contributed by atoms with van der Waals surface area (Å²) in [4.78, 5) is 2.37. The van der Waals surface area contributed by atoms with Gasteiger partial charge in [0.25, 0.3) is 0 Å². The fourth-order valence-electron chi connectivity index (χ4n) is 2.51. The van der Waals surface area contributed by atoms with Crippen molar-refractivity contribution in [1.82, 2.24) is 4.90 Å². The standard InChI is InChI=1S/C14H21FN2/c1-11-6-3-2-4-9-17(11)10-12-7-5-8-13(16)14(12)15/h5,7-8,11H,2-4,6,9-10,16H2,1H3. The summed E-state index contributed by atoms with van der Waals surface area (Å²) in [6.45, 7) is 3.98. The quantitative estimate of drug-likeness (QED) is 0.799. The van der Waals surface area contributed by atoms with Gasteiger partial charge in [-0.25, -0.2) is 4.39 Å². The zero-order valence-electron chi connectivity index (χ0n) is 10.5. The molecule has 0 amide bonds. The molecule has 1 aliphatic heterocycles. The molecule has 2 rings (SSSR count). The lowest BCUT2D eigenvalue weighted by molar-refractivity contribution is 0.202. The van der Waals surface area contributed by atoms with E-state index in [4.69, 9.17) is 5.73 Å². The Hall–Kier alpha value is -1.09. The Morgan fingerprint density at radius 3 is 3.00 bits per heavy atom. The Balaban J connectivity index is 2.10. The molecule has 0 saturated carbocycles. The summed E-state index contributed by atoms with van der Waals surface area (Å²) in [6.07, 6.45) is 5.01. The number of hydrogen-bond acceptors (Lipinski definition) is 2. The fraction of sp³-hybridized carbons (Fsp3) is 0.571. The van der Waals surface area contributed by atoms with Gasteiger partial charge in [-0.2, -0.15) is 0 Å². The minimum atomic E-state index is -0.246. The maximum absolute atomic E-state index is 13.8. The van der Waals surface area contributed by atoms with Crippen molar-refractivity contribution >= 4 is 5.69 Å². The summed E-state index contributed by atoms with van der Waals surface area (Å²) in [5, 5.41) is 0. The number of halogens is 1. The second-order valence-electron chi connectivity index (χ2n) is 4.99. The van der Waals surface area contributed by atoms with Gasteiger partial charge in [0.1, 0.15) is 0 Å². The number of nitrogens with two attached hydrogens (primary N) is 1. The van der Waals surface area contributed by atoms with Gasteiger partial charge in [-0.1, -0.05) is 25.0 Å². The zero-order valence-corrected chi connectivity index (χ0v) is 10.5. The lowest BCUT2D eigenvalue weighted by Gasteiger charge is -2.27. The molecule has 17 heavy (non-hydrogen) atoms. The van der Waals surface area contributed by atoms with Gasteiger partial charge in [0.05, 0.1) is 5.69 Å². The smallest absolute Gasteiger partial charge is 0.150 e. The Morgan fingerprint density at radius 2 is 2.18 bits per heavy atom. The summed E-state index contributed by atoms with van der Waals surface area (Å²) >= 11 is 0. The molecule has 3 heteroatoms. The molecular formula is C14H21FN2. The molecule has 1 aliphatic rings. The largest absolute Gasteiger partial charge is 0.396 e. The molecule has 1 aromatic carbocycles. The normalized spacial score (nSPS) is 22.4. The van der Waals surface area contributed by atoms with Crippen molar-refractivity contribution in [3.63, 3.8) is 0 Å². The molecule has 0 spiro atoms. The van der Waals surface area contributed by atoms with Crippen LogP contribution in [0.2, 0.25) is 0 Å². The van der Waals surface area contributed by atoms with E-state index in [1.54, 1.807) is 6.07 Å². The van der Waals surface area contributed by atoms with E-state index in [0.717, 1.165) is 12.1 Å². The van der Waals surface area contributed by atoms with Crippen molar-refractivity contribution in [1.29, 1.82) is 0 Å². The summed E-state index contributed by atoms with van der Waals surface area (Å²) in [5.41, 5.74) is 6.57. The van der Waals surface area contributed by atoms with Crippen molar-refractivity contribution in [3.8, 4) is 0 Å². The number of nitrogens with zero attached hydrogens (tertiary/aromatic N) is 1. The number of likely N-dealkylation sites (tertiary alicyclic amines) is 1. The molecule has 2 N–H and O–H groups in total. The van der Waals surface area contributed by atoms with Gasteiger partial charge >= 0.3 is 0 Å². The molecule has 94 valence electrons. The molecule has 1 saturated heterocycles. The van der Waals surface area contributed by atoms with Crippen LogP contribution in [-0.2, 0) is 6.54 Å². The number of hydrogen-bond donors (Lipinski definition) is 1. The lowest BCUT2D eigenvalue weighted by Crippen LogP contribution is -2.32. The van der Waals surface area contributed by atoms with E-state index in [0.29, 0.717) is 12.6 Å². The molecule has 1 atom stereocenters. The molecular weight excluding hydrogens is 215 g/mol. The van der Waals surface area contributed by atoms with Crippen molar-refractivity contribution in [2.24, 2.45) is 0 Å². The third-order valence-electron chi connectivity index (χ3n) is 3.67. The molecule has 0 bridgehead atoms. The first-order chi connectivity index (χ1) is 8.18. The van der Waals surface area contributed by atoms with Gasteiger partial charge in [-0.15, -0.1) is 0 Å². The second kappa shape index (κ2) is 5.50. The highest BCUT2D eigenvalue weighted by Crippen LogP contribution is 2.21. The van der Waals surface area contributed by atoms with Crippen LogP contribution >= 0.6 is 0 Å². The van der Waals surface area contributed by atoms with Crippen LogP contribution in [0.4, 0.5) is 10.1 Å². The highest BCUT2D eigenvalue weighted by molar-refractivity contribution is 5.42. The second-order valence-corrected chi connectivity index (χ2v) is 4.99. The van der Waals surface area contributed by atoms with E-state index >= 15 is 0 Å².